The van der Waals surface area contributed by atoms with Gasteiger partial charge in [0.2, 0.25) is 0 Å². The van der Waals surface area contributed by atoms with E-state index >= 15 is 0 Å². The summed E-state index contributed by atoms with van der Waals surface area (Å²) in [4.78, 5) is 11.5. The number of hydrogen-bond donors (Lipinski definition) is 1. The van der Waals surface area contributed by atoms with Crippen molar-refractivity contribution in [3.05, 3.63) is 35.9 Å². The number of ether oxygens (including phenoxy) is 2. The molecule has 0 saturated heterocycles. The van der Waals surface area contributed by atoms with Crippen molar-refractivity contribution in [1.82, 2.24) is 0 Å². The fourth-order valence-corrected chi connectivity index (χ4v) is 1.66. The molecule has 4 heteroatoms. The van der Waals surface area contributed by atoms with Crippen molar-refractivity contribution in [2.24, 2.45) is 0 Å². The molecule has 1 atom stereocenters. The number of hydrogen-bond acceptors (Lipinski definition) is 4. The first-order valence-corrected chi connectivity index (χ1v) is 6.88. The highest BCUT2D eigenvalue weighted by Crippen LogP contribution is 2.10. The Morgan fingerprint density at radius 2 is 1.90 bits per heavy atom. The summed E-state index contributed by atoms with van der Waals surface area (Å²) in [5.41, 5.74) is 0.579. The van der Waals surface area contributed by atoms with E-state index in [9.17, 15) is 9.90 Å². The molecular weight excluding hydrogens is 256 g/mol. The Bertz CT molecular complexity index is 395. The predicted molar refractivity (Wildman–Crippen MR) is 77.2 cm³/mol. The van der Waals surface area contributed by atoms with Crippen LogP contribution in [0.5, 0.6) is 0 Å². The summed E-state index contributed by atoms with van der Waals surface area (Å²) in [5, 5.41) is 9.73. The van der Waals surface area contributed by atoms with Crippen LogP contribution in [0, 0.1) is 0 Å². The molecule has 0 radical (unpaired) electrons. The molecule has 1 N–H and O–H groups in total. The van der Waals surface area contributed by atoms with Gasteiger partial charge in [0.05, 0.1) is 19.1 Å². The van der Waals surface area contributed by atoms with Gasteiger partial charge in [-0.3, -0.25) is 4.79 Å². The first kappa shape index (κ1) is 16.7. The summed E-state index contributed by atoms with van der Waals surface area (Å²) >= 11 is 0. The van der Waals surface area contributed by atoms with Gasteiger partial charge in [-0.15, -0.1) is 0 Å². The topological polar surface area (TPSA) is 55.8 Å². The van der Waals surface area contributed by atoms with Crippen LogP contribution in [-0.2, 0) is 20.9 Å². The molecule has 1 aromatic carbocycles. The molecule has 0 aliphatic rings. The highest BCUT2D eigenvalue weighted by molar-refractivity contribution is 5.70. The predicted octanol–water partition coefficient (Wildman–Crippen LogP) is 2.69. The molecule has 1 rings (SSSR count). The van der Waals surface area contributed by atoms with E-state index in [-0.39, 0.29) is 12.4 Å². The summed E-state index contributed by atoms with van der Waals surface area (Å²) in [6.07, 6.45) is -0.293. The molecule has 4 nitrogen and oxygen atoms in total. The molecule has 20 heavy (non-hydrogen) atoms. The minimum atomic E-state index is -0.722. The van der Waals surface area contributed by atoms with Crippen molar-refractivity contribution in [3.63, 3.8) is 0 Å². The van der Waals surface area contributed by atoms with Gasteiger partial charge >= 0.3 is 5.97 Å². The highest BCUT2D eigenvalue weighted by atomic mass is 16.6. The zero-order valence-corrected chi connectivity index (χ0v) is 12.5. The first-order valence-electron chi connectivity index (χ1n) is 6.88. The number of rotatable bonds is 7. The number of carbonyl (C=O) groups excluding carboxylic acids is 1. The maximum absolute atomic E-state index is 11.5. The number of esters is 1. The van der Waals surface area contributed by atoms with Crippen molar-refractivity contribution in [1.29, 1.82) is 0 Å². The summed E-state index contributed by atoms with van der Waals surface area (Å²) in [6.45, 7) is 6.35. The average molecular weight is 280 g/mol. The van der Waals surface area contributed by atoms with Crippen molar-refractivity contribution < 1.29 is 19.4 Å². The quantitative estimate of drug-likeness (QED) is 0.616. The van der Waals surface area contributed by atoms with E-state index < -0.39 is 11.7 Å². The van der Waals surface area contributed by atoms with Gasteiger partial charge in [-0.05, 0) is 32.8 Å². The lowest BCUT2D eigenvalue weighted by atomic mass is 10.1. The van der Waals surface area contributed by atoms with E-state index in [1.807, 2.05) is 30.3 Å². The Labute approximate surface area is 120 Å². The van der Waals surface area contributed by atoms with Crippen LogP contribution in [0.1, 0.15) is 39.2 Å². The van der Waals surface area contributed by atoms with Gasteiger partial charge in [0, 0.05) is 6.61 Å². The minimum Gasteiger partial charge on any atom is -0.460 e. The van der Waals surface area contributed by atoms with E-state index in [1.165, 1.54) is 0 Å². The Morgan fingerprint density at radius 3 is 2.50 bits per heavy atom. The number of carbonyl (C=O) groups is 1. The average Bonchev–Trinajstić information content (AvgIpc) is 2.33. The third kappa shape index (κ3) is 7.92. The maximum Gasteiger partial charge on any atom is 0.308 e. The summed E-state index contributed by atoms with van der Waals surface area (Å²) in [7, 11) is 0. The Morgan fingerprint density at radius 1 is 1.25 bits per heavy atom. The third-order valence-electron chi connectivity index (χ3n) is 2.53. The summed E-state index contributed by atoms with van der Waals surface area (Å²) < 4.78 is 10.6. The van der Waals surface area contributed by atoms with Gasteiger partial charge in [-0.1, -0.05) is 30.3 Å². The van der Waals surface area contributed by atoms with Gasteiger partial charge in [0.25, 0.3) is 0 Å². The molecular formula is C16H24O4. The van der Waals surface area contributed by atoms with Crippen molar-refractivity contribution in [3.8, 4) is 0 Å². The highest BCUT2D eigenvalue weighted by Gasteiger charge is 2.19. The second kappa shape index (κ2) is 8.02. The molecule has 0 unspecified atom stereocenters. The van der Waals surface area contributed by atoms with Crippen LogP contribution in [-0.4, -0.2) is 29.4 Å². The van der Waals surface area contributed by atoms with Crippen LogP contribution in [0.2, 0.25) is 0 Å². The van der Waals surface area contributed by atoms with E-state index in [4.69, 9.17) is 9.47 Å². The van der Waals surface area contributed by atoms with Crippen LogP contribution in [0.15, 0.2) is 30.3 Å². The van der Waals surface area contributed by atoms with Crippen LogP contribution in [0.3, 0.4) is 0 Å². The van der Waals surface area contributed by atoms with E-state index in [0.717, 1.165) is 5.56 Å². The van der Waals surface area contributed by atoms with Crippen LogP contribution in [0.4, 0.5) is 0 Å². The Hall–Kier alpha value is -1.39. The molecule has 0 spiro atoms. The smallest absolute Gasteiger partial charge is 0.308 e. The van der Waals surface area contributed by atoms with Gasteiger partial charge in [-0.2, -0.15) is 0 Å². The van der Waals surface area contributed by atoms with E-state index in [2.05, 4.69) is 0 Å². The van der Waals surface area contributed by atoms with E-state index in [1.54, 1.807) is 20.8 Å². The van der Waals surface area contributed by atoms with Crippen molar-refractivity contribution >= 4 is 5.97 Å². The maximum atomic E-state index is 11.5. The zero-order valence-electron chi connectivity index (χ0n) is 12.5. The summed E-state index contributed by atoms with van der Waals surface area (Å²) in [6, 6.07) is 9.83. The van der Waals surface area contributed by atoms with Crippen molar-refractivity contribution in [2.75, 3.05) is 6.61 Å². The van der Waals surface area contributed by atoms with Crippen LogP contribution in [0.25, 0.3) is 0 Å². The minimum absolute atomic E-state index is 0.00592. The molecule has 0 bridgehead atoms. The largest absolute Gasteiger partial charge is 0.460 e. The lowest BCUT2D eigenvalue weighted by Gasteiger charge is -2.20. The molecule has 0 aromatic heterocycles. The lowest BCUT2D eigenvalue weighted by molar-refractivity contribution is -0.157. The SMILES string of the molecule is CC(C)(C)OC(=O)C[C@@H](O)CCOCc1ccccc1. The standard InChI is InChI=1S/C16H24O4/c1-16(2,3)20-15(18)11-14(17)9-10-19-12-13-7-5-4-6-8-13/h4-8,14,17H,9-12H2,1-3H3/t14-/m0/s1. The number of aliphatic hydroxyl groups excluding tert-OH is 1. The fourth-order valence-electron chi connectivity index (χ4n) is 1.66. The molecule has 112 valence electrons. The molecule has 0 aliphatic carbocycles. The molecule has 0 aliphatic heterocycles. The summed E-state index contributed by atoms with van der Waals surface area (Å²) in [5.74, 6) is -0.381. The van der Waals surface area contributed by atoms with Gasteiger partial charge < -0.3 is 14.6 Å². The molecule has 1 aromatic rings. The van der Waals surface area contributed by atoms with Crippen LogP contribution < -0.4 is 0 Å². The zero-order chi connectivity index (χ0) is 15.0. The molecule has 0 fully saturated rings. The Balaban J connectivity index is 2.14. The fraction of sp³-hybridized carbons (Fsp3) is 0.562. The second-order valence-corrected chi connectivity index (χ2v) is 5.77. The molecule has 0 heterocycles. The van der Waals surface area contributed by atoms with Gasteiger partial charge in [-0.25, -0.2) is 0 Å². The number of aliphatic hydroxyl groups is 1. The molecule has 0 amide bonds. The number of benzene rings is 1. The monoisotopic (exact) mass is 280 g/mol. The van der Waals surface area contributed by atoms with Gasteiger partial charge in [0.1, 0.15) is 5.60 Å². The van der Waals surface area contributed by atoms with E-state index in [0.29, 0.717) is 19.6 Å². The second-order valence-electron chi connectivity index (χ2n) is 5.77. The normalized spacial score (nSPS) is 13.0. The van der Waals surface area contributed by atoms with Crippen molar-refractivity contribution in [2.45, 2.75) is 51.9 Å². The molecule has 0 saturated carbocycles. The van der Waals surface area contributed by atoms with Crippen LogP contribution >= 0.6 is 0 Å². The Kier molecular flexibility index (Phi) is 6.68. The third-order valence-corrected chi connectivity index (χ3v) is 2.53. The first-order chi connectivity index (χ1) is 9.37. The van der Waals surface area contributed by atoms with Gasteiger partial charge in [0.15, 0.2) is 0 Å². The lowest BCUT2D eigenvalue weighted by Crippen LogP contribution is -2.26.